The Bertz CT molecular complexity index is 632. The van der Waals surface area contributed by atoms with Gasteiger partial charge in [0.25, 0.3) is 0 Å². The van der Waals surface area contributed by atoms with Crippen LogP contribution in [0, 0.1) is 0 Å². The molecule has 2 rings (SSSR count). The van der Waals surface area contributed by atoms with E-state index in [4.69, 9.17) is 9.47 Å². The van der Waals surface area contributed by atoms with Crippen molar-refractivity contribution in [1.82, 2.24) is 10.2 Å². The summed E-state index contributed by atoms with van der Waals surface area (Å²) >= 11 is 0. The Balaban J connectivity index is 1.66. The number of methoxy groups -OCH3 is 1. The first kappa shape index (κ1) is 17.8. The molecule has 0 aromatic heterocycles. The maximum absolute atomic E-state index is 11.9. The van der Waals surface area contributed by atoms with Crippen LogP contribution in [0.15, 0.2) is 54.6 Å². The lowest BCUT2D eigenvalue weighted by Gasteiger charge is -2.16. The number of carbonyl (C=O) groups is 1. The van der Waals surface area contributed by atoms with Gasteiger partial charge in [-0.3, -0.25) is 9.69 Å². The standard InChI is InChI=1S/C19H24N2O3/c1-21(14-16-8-4-3-5-9-16)15-19(22)20-12-13-24-18-11-7-6-10-17(18)23-2/h3-11H,12-15H2,1-2H3,(H,20,22). The normalized spacial score (nSPS) is 10.5. The fourth-order valence-corrected chi connectivity index (χ4v) is 2.34. The molecule has 1 amide bonds. The molecule has 0 spiro atoms. The van der Waals surface area contributed by atoms with Crippen molar-refractivity contribution in [3.63, 3.8) is 0 Å². The molecule has 0 aliphatic heterocycles. The van der Waals surface area contributed by atoms with Crippen LogP contribution in [0.2, 0.25) is 0 Å². The highest BCUT2D eigenvalue weighted by molar-refractivity contribution is 5.77. The number of nitrogens with zero attached hydrogens (tertiary/aromatic N) is 1. The molecule has 1 N–H and O–H groups in total. The largest absolute Gasteiger partial charge is 0.493 e. The molecule has 0 heterocycles. The number of amides is 1. The van der Waals surface area contributed by atoms with Gasteiger partial charge in [-0.05, 0) is 24.7 Å². The van der Waals surface area contributed by atoms with Crippen LogP contribution in [0.4, 0.5) is 0 Å². The molecule has 2 aromatic rings. The Morgan fingerprint density at radius 2 is 1.71 bits per heavy atom. The number of likely N-dealkylation sites (N-methyl/N-ethyl adjacent to an activating group) is 1. The van der Waals surface area contributed by atoms with Crippen molar-refractivity contribution < 1.29 is 14.3 Å². The molecular formula is C19H24N2O3. The summed E-state index contributed by atoms with van der Waals surface area (Å²) in [6.45, 7) is 1.94. The lowest BCUT2D eigenvalue weighted by atomic mass is 10.2. The van der Waals surface area contributed by atoms with Gasteiger partial charge in [-0.2, -0.15) is 0 Å². The second-order valence-corrected chi connectivity index (χ2v) is 5.51. The van der Waals surface area contributed by atoms with Crippen LogP contribution in [0.1, 0.15) is 5.56 Å². The zero-order valence-electron chi connectivity index (χ0n) is 14.2. The Morgan fingerprint density at radius 3 is 2.42 bits per heavy atom. The topological polar surface area (TPSA) is 50.8 Å². The lowest BCUT2D eigenvalue weighted by Crippen LogP contribution is -2.36. The van der Waals surface area contributed by atoms with Crippen LogP contribution in [-0.2, 0) is 11.3 Å². The highest BCUT2D eigenvalue weighted by atomic mass is 16.5. The quantitative estimate of drug-likeness (QED) is 0.718. The van der Waals surface area contributed by atoms with Gasteiger partial charge in [-0.15, -0.1) is 0 Å². The van der Waals surface area contributed by atoms with E-state index in [0.29, 0.717) is 31.2 Å². The number of benzene rings is 2. The van der Waals surface area contributed by atoms with E-state index in [0.717, 1.165) is 6.54 Å². The summed E-state index contributed by atoms with van der Waals surface area (Å²) in [4.78, 5) is 13.9. The first-order valence-corrected chi connectivity index (χ1v) is 7.94. The number of hydrogen-bond donors (Lipinski definition) is 1. The highest BCUT2D eigenvalue weighted by Crippen LogP contribution is 2.25. The molecule has 0 atom stereocenters. The number of rotatable bonds is 9. The summed E-state index contributed by atoms with van der Waals surface area (Å²) in [7, 11) is 3.53. The van der Waals surface area contributed by atoms with Crippen molar-refractivity contribution >= 4 is 5.91 Å². The van der Waals surface area contributed by atoms with Crippen molar-refractivity contribution in [2.45, 2.75) is 6.54 Å². The molecule has 5 heteroatoms. The number of carbonyl (C=O) groups excluding carboxylic acids is 1. The first-order chi connectivity index (χ1) is 11.7. The Kier molecular flexibility index (Phi) is 7.11. The fraction of sp³-hybridized carbons (Fsp3) is 0.316. The summed E-state index contributed by atoms with van der Waals surface area (Å²) in [5.74, 6) is 1.35. The van der Waals surface area contributed by atoms with E-state index in [1.54, 1.807) is 7.11 Å². The van der Waals surface area contributed by atoms with Gasteiger partial charge in [0.05, 0.1) is 20.2 Å². The maximum atomic E-state index is 11.9. The molecule has 0 bridgehead atoms. The summed E-state index contributed by atoms with van der Waals surface area (Å²) in [5.41, 5.74) is 1.19. The predicted molar refractivity (Wildman–Crippen MR) is 94.3 cm³/mol. The molecule has 0 aliphatic rings. The molecule has 0 aliphatic carbocycles. The van der Waals surface area contributed by atoms with Gasteiger partial charge >= 0.3 is 0 Å². The summed E-state index contributed by atoms with van der Waals surface area (Å²) in [6, 6.07) is 17.5. The molecule has 0 fully saturated rings. The minimum absolute atomic E-state index is 0.0166. The van der Waals surface area contributed by atoms with Crippen LogP contribution in [0.3, 0.4) is 0 Å². The number of hydrogen-bond acceptors (Lipinski definition) is 4. The SMILES string of the molecule is COc1ccccc1OCCNC(=O)CN(C)Cc1ccccc1. The van der Waals surface area contributed by atoms with Crippen molar-refractivity contribution in [2.24, 2.45) is 0 Å². The van der Waals surface area contributed by atoms with Crippen molar-refractivity contribution in [3.05, 3.63) is 60.2 Å². The van der Waals surface area contributed by atoms with Gasteiger partial charge in [-0.25, -0.2) is 0 Å². The minimum Gasteiger partial charge on any atom is -0.493 e. The molecule has 0 saturated heterocycles. The van der Waals surface area contributed by atoms with E-state index in [2.05, 4.69) is 17.4 Å². The van der Waals surface area contributed by atoms with E-state index in [-0.39, 0.29) is 5.91 Å². The average Bonchev–Trinajstić information content (AvgIpc) is 2.59. The average molecular weight is 328 g/mol. The number of ether oxygens (including phenoxy) is 2. The third-order valence-electron chi connectivity index (χ3n) is 3.46. The van der Waals surface area contributed by atoms with Crippen LogP contribution >= 0.6 is 0 Å². The lowest BCUT2D eigenvalue weighted by molar-refractivity contribution is -0.122. The van der Waals surface area contributed by atoms with Gasteiger partial charge in [0, 0.05) is 6.54 Å². The molecule has 24 heavy (non-hydrogen) atoms. The fourth-order valence-electron chi connectivity index (χ4n) is 2.34. The number of nitrogens with one attached hydrogen (secondary N) is 1. The van der Waals surface area contributed by atoms with Gasteiger partial charge < -0.3 is 14.8 Å². The third kappa shape index (κ3) is 5.93. The molecular weight excluding hydrogens is 304 g/mol. The summed E-state index contributed by atoms with van der Waals surface area (Å²) < 4.78 is 10.8. The Labute approximate surface area is 143 Å². The smallest absolute Gasteiger partial charge is 0.234 e. The van der Waals surface area contributed by atoms with E-state index in [9.17, 15) is 4.79 Å². The van der Waals surface area contributed by atoms with Crippen LogP contribution in [0.25, 0.3) is 0 Å². The van der Waals surface area contributed by atoms with Gasteiger partial charge in [0.2, 0.25) is 5.91 Å². The second kappa shape index (κ2) is 9.57. The second-order valence-electron chi connectivity index (χ2n) is 5.51. The van der Waals surface area contributed by atoms with Crippen LogP contribution in [0.5, 0.6) is 11.5 Å². The maximum Gasteiger partial charge on any atom is 0.234 e. The molecule has 0 unspecified atom stereocenters. The first-order valence-electron chi connectivity index (χ1n) is 7.94. The van der Waals surface area contributed by atoms with Crippen molar-refractivity contribution in [1.29, 1.82) is 0 Å². The monoisotopic (exact) mass is 328 g/mol. The molecule has 128 valence electrons. The number of para-hydroxylation sites is 2. The Morgan fingerprint density at radius 1 is 1.04 bits per heavy atom. The Hall–Kier alpha value is -2.53. The van der Waals surface area contributed by atoms with E-state index >= 15 is 0 Å². The van der Waals surface area contributed by atoms with E-state index in [1.165, 1.54) is 5.56 Å². The minimum atomic E-state index is -0.0166. The predicted octanol–water partition coefficient (Wildman–Crippen LogP) is 2.32. The van der Waals surface area contributed by atoms with Crippen LogP contribution in [-0.4, -0.2) is 44.7 Å². The van der Waals surface area contributed by atoms with Gasteiger partial charge in [0.1, 0.15) is 6.61 Å². The zero-order chi connectivity index (χ0) is 17.2. The van der Waals surface area contributed by atoms with Crippen molar-refractivity contribution in [3.8, 4) is 11.5 Å². The summed E-state index contributed by atoms with van der Waals surface area (Å²) in [6.07, 6.45) is 0. The summed E-state index contributed by atoms with van der Waals surface area (Å²) in [5, 5.41) is 2.86. The molecule has 0 radical (unpaired) electrons. The van der Waals surface area contributed by atoms with Crippen LogP contribution < -0.4 is 14.8 Å². The van der Waals surface area contributed by atoms with Gasteiger partial charge in [0.15, 0.2) is 11.5 Å². The zero-order valence-corrected chi connectivity index (χ0v) is 14.2. The van der Waals surface area contributed by atoms with Crippen molar-refractivity contribution in [2.75, 3.05) is 33.9 Å². The molecule has 5 nitrogen and oxygen atoms in total. The molecule has 0 saturated carbocycles. The third-order valence-corrected chi connectivity index (χ3v) is 3.46. The molecule has 2 aromatic carbocycles. The highest BCUT2D eigenvalue weighted by Gasteiger charge is 2.07. The van der Waals surface area contributed by atoms with E-state index in [1.807, 2.05) is 54.4 Å². The van der Waals surface area contributed by atoms with E-state index < -0.39 is 0 Å². The van der Waals surface area contributed by atoms with Gasteiger partial charge in [-0.1, -0.05) is 42.5 Å².